The van der Waals surface area contributed by atoms with E-state index in [9.17, 15) is 14.7 Å². The molecule has 0 aliphatic rings. The first-order valence-corrected chi connectivity index (χ1v) is 9.64. The van der Waals surface area contributed by atoms with Crippen LogP contribution in [0.15, 0.2) is 66.7 Å². The molecule has 0 atom stereocenters. The third-order valence-corrected chi connectivity index (χ3v) is 4.68. The molecule has 0 unspecified atom stereocenters. The van der Waals surface area contributed by atoms with E-state index in [-0.39, 0.29) is 23.1 Å². The molecule has 0 aliphatic heterocycles. The maximum atomic E-state index is 12.2. The van der Waals surface area contributed by atoms with Crippen molar-refractivity contribution in [3.63, 3.8) is 0 Å². The molecule has 1 amide bonds. The number of amides is 1. The molecule has 3 N–H and O–H groups in total. The molecule has 0 aromatic heterocycles. The molecule has 0 fully saturated rings. The number of rotatable bonds is 8. The number of carboxylic acid groups (broad SMARTS) is 1. The number of aromatic carboxylic acids is 1. The second-order valence-electron chi connectivity index (χ2n) is 6.66. The second kappa shape index (κ2) is 9.80. The Hall–Kier alpha value is -3.51. The highest BCUT2D eigenvalue weighted by Gasteiger charge is 2.11. The van der Waals surface area contributed by atoms with E-state index >= 15 is 0 Å². The predicted molar refractivity (Wildman–Crippen MR) is 117 cm³/mol. The van der Waals surface area contributed by atoms with E-state index in [1.165, 1.54) is 12.1 Å². The van der Waals surface area contributed by atoms with Crippen LogP contribution in [-0.4, -0.2) is 23.6 Å². The summed E-state index contributed by atoms with van der Waals surface area (Å²) in [7, 11) is 0. The molecule has 0 spiro atoms. The summed E-state index contributed by atoms with van der Waals surface area (Å²) in [5, 5.41) is 15.3. The number of para-hydroxylation sites is 1. The van der Waals surface area contributed by atoms with Gasteiger partial charge < -0.3 is 20.5 Å². The van der Waals surface area contributed by atoms with Crippen LogP contribution < -0.4 is 15.4 Å². The van der Waals surface area contributed by atoms with Crippen LogP contribution in [0.5, 0.6) is 5.75 Å². The van der Waals surface area contributed by atoms with Crippen molar-refractivity contribution in [1.29, 1.82) is 0 Å². The van der Waals surface area contributed by atoms with Gasteiger partial charge in [0.2, 0.25) is 0 Å². The predicted octanol–water partition coefficient (Wildman–Crippen LogP) is 4.98. The fourth-order valence-corrected chi connectivity index (χ4v) is 2.96. The number of halogens is 1. The topological polar surface area (TPSA) is 87.7 Å². The zero-order chi connectivity index (χ0) is 21.5. The maximum absolute atomic E-state index is 12.2. The zero-order valence-electron chi connectivity index (χ0n) is 16.3. The third kappa shape index (κ3) is 5.75. The number of carbonyl (C=O) groups excluding carboxylic acids is 1. The second-order valence-corrected chi connectivity index (χ2v) is 7.07. The van der Waals surface area contributed by atoms with Crippen LogP contribution in [0.3, 0.4) is 0 Å². The monoisotopic (exact) mass is 424 g/mol. The van der Waals surface area contributed by atoms with E-state index in [1.54, 1.807) is 12.1 Å². The molecule has 0 bridgehead atoms. The van der Waals surface area contributed by atoms with E-state index in [2.05, 4.69) is 10.6 Å². The maximum Gasteiger partial charge on any atom is 0.337 e. The summed E-state index contributed by atoms with van der Waals surface area (Å²) in [5.41, 5.74) is 3.29. The Bertz CT molecular complexity index is 1050. The van der Waals surface area contributed by atoms with Gasteiger partial charge in [0.15, 0.2) is 6.61 Å². The first-order chi connectivity index (χ1) is 14.4. The molecule has 6 nitrogen and oxygen atoms in total. The molecule has 0 heterocycles. The van der Waals surface area contributed by atoms with Gasteiger partial charge in [-0.15, -0.1) is 0 Å². The Balaban J connectivity index is 1.60. The minimum atomic E-state index is -1.09. The molecule has 154 valence electrons. The third-order valence-electron chi connectivity index (χ3n) is 4.35. The van der Waals surface area contributed by atoms with Crippen LogP contribution in [0.25, 0.3) is 0 Å². The van der Waals surface area contributed by atoms with Crippen LogP contribution in [0, 0.1) is 6.92 Å². The quantitative estimate of drug-likeness (QED) is 0.475. The summed E-state index contributed by atoms with van der Waals surface area (Å²) in [6, 6.07) is 19.6. The van der Waals surface area contributed by atoms with Crippen molar-refractivity contribution in [2.24, 2.45) is 0 Å². The summed E-state index contributed by atoms with van der Waals surface area (Å²) in [4.78, 5) is 23.4. The summed E-state index contributed by atoms with van der Waals surface area (Å²) < 4.78 is 5.70. The Morgan fingerprint density at radius 3 is 2.43 bits per heavy atom. The number of aryl methyl sites for hydroxylation is 1. The molecule has 0 saturated carbocycles. The number of anilines is 2. The lowest BCUT2D eigenvalue weighted by Crippen LogP contribution is -2.20. The Labute approximate surface area is 179 Å². The normalized spacial score (nSPS) is 10.3. The molecule has 0 saturated heterocycles. The van der Waals surface area contributed by atoms with Crippen molar-refractivity contribution in [2.45, 2.75) is 13.5 Å². The number of carboxylic acids is 1. The largest absolute Gasteiger partial charge is 0.483 e. The molecular weight excluding hydrogens is 404 g/mol. The Morgan fingerprint density at radius 1 is 1.00 bits per heavy atom. The zero-order valence-corrected chi connectivity index (χ0v) is 17.1. The number of hydrogen-bond donors (Lipinski definition) is 3. The van der Waals surface area contributed by atoms with E-state index in [4.69, 9.17) is 16.3 Å². The summed E-state index contributed by atoms with van der Waals surface area (Å²) in [5.74, 6) is -0.783. The van der Waals surface area contributed by atoms with Crippen molar-refractivity contribution < 1.29 is 19.4 Å². The minimum Gasteiger partial charge on any atom is -0.483 e. The average Bonchev–Trinajstić information content (AvgIpc) is 2.73. The molecule has 3 rings (SSSR count). The van der Waals surface area contributed by atoms with Crippen molar-refractivity contribution in [2.75, 3.05) is 17.2 Å². The smallest absolute Gasteiger partial charge is 0.337 e. The first kappa shape index (κ1) is 21.2. The van der Waals surface area contributed by atoms with E-state index < -0.39 is 5.97 Å². The van der Waals surface area contributed by atoms with Crippen molar-refractivity contribution in [3.8, 4) is 5.75 Å². The number of ether oxygens (including phenoxy) is 1. The van der Waals surface area contributed by atoms with Gasteiger partial charge in [0.05, 0.1) is 10.6 Å². The molecule has 0 radical (unpaired) electrons. The minimum absolute atomic E-state index is 0.0268. The fraction of sp³-hybridized carbons (Fsp3) is 0.130. The van der Waals surface area contributed by atoms with Crippen LogP contribution in [0.1, 0.15) is 21.5 Å². The highest BCUT2D eigenvalue weighted by Crippen LogP contribution is 2.23. The van der Waals surface area contributed by atoms with Crippen LogP contribution >= 0.6 is 11.6 Å². The van der Waals surface area contributed by atoms with Gasteiger partial charge in [-0.25, -0.2) is 4.79 Å². The molecular formula is C23H21ClN2O4. The first-order valence-electron chi connectivity index (χ1n) is 9.26. The lowest BCUT2D eigenvalue weighted by Gasteiger charge is -2.13. The Morgan fingerprint density at radius 2 is 1.70 bits per heavy atom. The molecule has 7 heteroatoms. The van der Waals surface area contributed by atoms with Gasteiger partial charge in [-0.1, -0.05) is 47.5 Å². The summed E-state index contributed by atoms with van der Waals surface area (Å²) in [6.07, 6.45) is 0. The van der Waals surface area contributed by atoms with Gasteiger partial charge in [-0.05, 0) is 43.3 Å². The van der Waals surface area contributed by atoms with Crippen molar-refractivity contribution >= 4 is 34.9 Å². The lowest BCUT2D eigenvalue weighted by atomic mass is 10.1. The highest BCUT2D eigenvalue weighted by molar-refractivity contribution is 6.33. The van der Waals surface area contributed by atoms with Gasteiger partial charge in [-0.2, -0.15) is 0 Å². The number of benzene rings is 3. The van der Waals surface area contributed by atoms with Crippen molar-refractivity contribution in [1.82, 2.24) is 0 Å². The number of nitrogens with one attached hydrogen (secondary N) is 2. The lowest BCUT2D eigenvalue weighted by molar-refractivity contribution is -0.118. The van der Waals surface area contributed by atoms with Crippen LogP contribution in [0.2, 0.25) is 5.02 Å². The molecule has 3 aromatic rings. The van der Waals surface area contributed by atoms with Gasteiger partial charge in [0.25, 0.3) is 5.91 Å². The van der Waals surface area contributed by atoms with E-state index in [0.29, 0.717) is 23.7 Å². The summed E-state index contributed by atoms with van der Waals surface area (Å²) >= 11 is 5.90. The van der Waals surface area contributed by atoms with Gasteiger partial charge in [-0.3, -0.25) is 4.79 Å². The SMILES string of the molecule is Cc1ccc(NC(=O)COc2ccccc2CNc2ccc(Cl)c(C(=O)O)c2)cc1. The number of hydrogen-bond acceptors (Lipinski definition) is 4. The standard InChI is InChI=1S/C23H21ClN2O4/c1-15-6-8-17(9-7-15)26-22(27)14-30-21-5-3-2-4-16(21)13-25-18-10-11-20(24)19(12-18)23(28)29/h2-12,25H,13-14H2,1H3,(H,26,27)(H,28,29). The molecule has 0 aliphatic carbocycles. The molecule has 3 aromatic carbocycles. The molecule has 30 heavy (non-hydrogen) atoms. The van der Waals surface area contributed by atoms with E-state index in [0.717, 1.165) is 11.1 Å². The van der Waals surface area contributed by atoms with Gasteiger partial charge in [0, 0.05) is 23.5 Å². The fourth-order valence-electron chi connectivity index (χ4n) is 2.76. The van der Waals surface area contributed by atoms with E-state index in [1.807, 2.05) is 49.4 Å². The Kier molecular flexibility index (Phi) is 6.93. The highest BCUT2D eigenvalue weighted by atomic mass is 35.5. The summed E-state index contributed by atoms with van der Waals surface area (Å²) in [6.45, 7) is 2.23. The van der Waals surface area contributed by atoms with Crippen LogP contribution in [0.4, 0.5) is 11.4 Å². The van der Waals surface area contributed by atoms with Crippen molar-refractivity contribution in [3.05, 3.63) is 88.4 Å². The van der Waals surface area contributed by atoms with Gasteiger partial charge >= 0.3 is 5.97 Å². The van der Waals surface area contributed by atoms with Gasteiger partial charge in [0.1, 0.15) is 5.75 Å². The van der Waals surface area contributed by atoms with Crippen LogP contribution in [-0.2, 0) is 11.3 Å². The average molecular weight is 425 g/mol. The number of carbonyl (C=O) groups is 2.